The van der Waals surface area contributed by atoms with Crippen molar-refractivity contribution in [3.05, 3.63) is 30.9 Å². The summed E-state index contributed by atoms with van der Waals surface area (Å²) in [6.45, 7) is 2.43. The van der Waals surface area contributed by atoms with Gasteiger partial charge in [-0.05, 0) is 18.9 Å². The van der Waals surface area contributed by atoms with Crippen molar-refractivity contribution in [1.82, 2.24) is 24.8 Å². The third-order valence-electron chi connectivity index (χ3n) is 3.56. The number of nitrogens with zero attached hydrogens (tertiary/aromatic N) is 5. The van der Waals surface area contributed by atoms with Crippen LogP contribution in [0.1, 0.15) is 19.3 Å². The molecule has 1 aliphatic heterocycles. The van der Waals surface area contributed by atoms with Gasteiger partial charge in [0.2, 0.25) is 11.9 Å². The van der Waals surface area contributed by atoms with Gasteiger partial charge < -0.3 is 15.5 Å². The first-order valence-corrected chi connectivity index (χ1v) is 7.69. The van der Waals surface area contributed by atoms with Gasteiger partial charge in [-0.2, -0.15) is 0 Å². The molecule has 0 atom stereocenters. The van der Waals surface area contributed by atoms with E-state index < -0.39 is 0 Å². The summed E-state index contributed by atoms with van der Waals surface area (Å²) in [6, 6.07) is 3.56. The third kappa shape index (κ3) is 4.35. The smallest absolute Gasteiger partial charge is 0.228 e. The Labute approximate surface area is 134 Å². The number of rotatable bonds is 7. The summed E-state index contributed by atoms with van der Waals surface area (Å²) < 4.78 is 0. The van der Waals surface area contributed by atoms with Crippen LogP contribution in [0.5, 0.6) is 0 Å². The first-order chi connectivity index (χ1) is 11.3. The molecule has 2 aromatic heterocycles. The average molecular weight is 313 g/mol. The van der Waals surface area contributed by atoms with Gasteiger partial charge in [0.25, 0.3) is 0 Å². The second kappa shape index (κ2) is 7.48. The fourth-order valence-corrected chi connectivity index (χ4v) is 2.43. The molecule has 1 saturated heterocycles. The van der Waals surface area contributed by atoms with Crippen LogP contribution in [-0.2, 0) is 4.79 Å². The van der Waals surface area contributed by atoms with E-state index in [9.17, 15) is 4.79 Å². The van der Waals surface area contributed by atoms with E-state index in [1.165, 1.54) is 6.33 Å². The van der Waals surface area contributed by atoms with E-state index in [4.69, 9.17) is 0 Å². The number of carbonyl (C=O) groups is 1. The van der Waals surface area contributed by atoms with Crippen LogP contribution in [0.2, 0.25) is 0 Å². The first kappa shape index (κ1) is 15.1. The van der Waals surface area contributed by atoms with Gasteiger partial charge in [0.1, 0.15) is 18.0 Å². The highest BCUT2D eigenvalue weighted by molar-refractivity contribution is 5.78. The maximum atomic E-state index is 11.5. The Morgan fingerprint density at radius 2 is 1.96 bits per heavy atom. The highest BCUT2D eigenvalue weighted by Crippen LogP contribution is 2.13. The maximum absolute atomic E-state index is 11.5. The zero-order valence-corrected chi connectivity index (χ0v) is 12.8. The standard InChI is InChI=1S/C15H19N7O/c23-14-4-1-8-22(14)9-3-7-16-12-10-13(20-11-19-12)21-15-17-5-2-6-18-15/h2,5-6,10-11H,1,3-4,7-9H2,(H2,16,17,18,19,20,21). The summed E-state index contributed by atoms with van der Waals surface area (Å²) in [7, 11) is 0. The lowest BCUT2D eigenvalue weighted by Gasteiger charge is -2.15. The van der Waals surface area contributed by atoms with E-state index in [0.717, 1.165) is 38.3 Å². The van der Waals surface area contributed by atoms with E-state index in [0.29, 0.717) is 18.2 Å². The molecule has 2 N–H and O–H groups in total. The number of carbonyl (C=O) groups excluding carboxylic acids is 1. The van der Waals surface area contributed by atoms with Crippen molar-refractivity contribution in [3.8, 4) is 0 Å². The molecule has 0 radical (unpaired) electrons. The van der Waals surface area contributed by atoms with E-state index in [2.05, 4.69) is 30.6 Å². The van der Waals surface area contributed by atoms with Crippen LogP contribution in [0.4, 0.5) is 17.6 Å². The van der Waals surface area contributed by atoms with Crippen molar-refractivity contribution in [2.24, 2.45) is 0 Å². The molecule has 120 valence electrons. The third-order valence-corrected chi connectivity index (χ3v) is 3.56. The molecule has 0 spiro atoms. The Morgan fingerprint density at radius 1 is 1.13 bits per heavy atom. The van der Waals surface area contributed by atoms with Crippen molar-refractivity contribution >= 4 is 23.5 Å². The summed E-state index contributed by atoms with van der Waals surface area (Å²) in [6.07, 6.45) is 7.37. The van der Waals surface area contributed by atoms with Crippen LogP contribution < -0.4 is 10.6 Å². The molecule has 0 aliphatic carbocycles. The molecule has 1 aliphatic rings. The molecule has 3 heterocycles. The molecule has 23 heavy (non-hydrogen) atoms. The van der Waals surface area contributed by atoms with Crippen LogP contribution in [0.25, 0.3) is 0 Å². The second-order valence-corrected chi connectivity index (χ2v) is 5.25. The maximum Gasteiger partial charge on any atom is 0.228 e. The Balaban J connectivity index is 1.47. The molecule has 2 aromatic rings. The molecule has 1 fully saturated rings. The van der Waals surface area contributed by atoms with Crippen molar-refractivity contribution in [2.75, 3.05) is 30.3 Å². The Hall–Kier alpha value is -2.77. The van der Waals surface area contributed by atoms with Gasteiger partial charge in [-0.25, -0.2) is 19.9 Å². The Bertz CT molecular complexity index is 649. The summed E-state index contributed by atoms with van der Waals surface area (Å²) in [5.41, 5.74) is 0. The Kier molecular flexibility index (Phi) is 4.92. The molecular weight excluding hydrogens is 294 g/mol. The van der Waals surface area contributed by atoms with Crippen LogP contribution in [-0.4, -0.2) is 50.4 Å². The van der Waals surface area contributed by atoms with Gasteiger partial charge in [-0.15, -0.1) is 0 Å². The normalized spacial score (nSPS) is 14.1. The zero-order valence-electron chi connectivity index (χ0n) is 12.8. The highest BCUT2D eigenvalue weighted by atomic mass is 16.2. The molecule has 0 bridgehead atoms. The van der Waals surface area contributed by atoms with E-state index >= 15 is 0 Å². The zero-order chi connectivity index (χ0) is 15.9. The lowest BCUT2D eigenvalue weighted by Crippen LogP contribution is -2.27. The summed E-state index contributed by atoms with van der Waals surface area (Å²) >= 11 is 0. The van der Waals surface area contributed by atoms with Crippen LogP contribution >= 0.6 is 0 Å². The van der Waals surface area contributed by atoms with Gasteiger partial charge >= 0.3 is 0 Å². The number of aromatic nitrogens is 4. The van der Waals surface area contributed by atoms with Crippen molar-refractivity contribution < 1.29 is 4.79 Å². The van der Waals surface area contributed by atoms with E-state index in [1.807, 2.05) is 4.90 Å². The lowest BCUT2D eigenvalue weighted by atomic mass is 10.4. The monoisotopic (exact) mass is 313 g/mol. The molecule has 8 nitrogen and oxygen atoms in total. The molecule has 1 amide bonds. The average Bonchev–Trinajstić information content (AvgIpc) is 2.98. The predicted molar refractivity (Wildman–Crippen MR) is 86.3 cm³/mol. The number of nitrogens with one attached hydrogen (secondary N) is 2. The van der Waals surface area contributed by atoms with Crippen molar-refractivity contribution in [2.45, 2.75) is 19.3 Å². The van der Waals surface area contributed by atoms with E-state index in [-0.39, 0.29) is 5.91 Å². The second-order valence-electron chi connectivity index (χ2n) is 5.25. The number of amides is 1. The summed E-state index contributed by atoms with van der Waals surface area (Å²) in [4.78, 5) is 29.9. The van der Waals surface area contributed by atoms with Crippen LogP contribution in [0.15, 0.2) is 30.9 Å². The van der Waals surface area contributed by atoms with Gasteiger partial charge in [0.05, 0.1) is 0 Å². The molecule has 0 unspecified atom stereocenters. The van der Waals surface area contributed by atoms with Gasteiger partial charge in [-0.1, -0.05) is 0 Å². The number of hydrogen-bond donors (Lipinski definition) is 2. The van der Waals surface area contributed by atoms with Crippen molar-refractivity contribution in [1.29, 1.82) is 0 Å². The minimum Gasteiger partial charge on any atom is -0.370 e. The topological polar surface area (TPSA) is 95.9 Å². The Morgan fingerprint density at radius 3 is 2.74 bits per heavy atom. The largest absolute Gasteiger partial charge is 0.370 e. The van der Waals surface area contributed by atoms with Gasteiger partial charge in [0, 0.05) is 44.5 Å². The highest BCUT2D eigenvalue weighted by Gasteiger charge is 2.18. The molecule has 0 saturated carbocycles. The lowest BCUT2D eigenvalue weighted by molar-refractivity contribution is -0.127. The minimum atomic E-state index is 0.265. The fourth-order valence-electron chi connectivity index (χ4n) is 2.43. The fraction of sp³-hybridized carbons (Fsp3) is 0.400. The predicted octanol–water partition coefficient (Wildman–Crippen LogP) is 1.43. The SMILES string of the molecule is O=C1CCCN1CCCNc1cc(Nc2ncccn2)ncn1. The first-order valence-electron chi connectivity index (χ1n) is 7.69. The van der Waals surface area contributed by atoms with Crippen LogP contribution in [0.3, 0.4) is 0 Å². The van der Waals surface area contributed by atoms with Gasteiger partial charge in [0.15, 0.2) is 0 Å². The summed E-state index contributed by atoms with van der Waals surface area (Å²) in [5.74, 6) is 2.11. The summed E-state index contributed by atoms with van der Waals surface area (Å²) in [5, 5.41) is 6.26. The minimum absolute atomic E-state index is 0.265. The molecule has 3 rings (SSSR count). The molecule has 0 aromatic carbocycles. The van der Waals surface area contributed by atoms with Crippen molar-refractivity contribution in [3.63, 3.8) is 0 Å². The van der Waals surface area contributed by atoms with Crippen LogP contribution in [0, 0.1) is 0 Å². The van der Waals surface area contributed by atoms with E-state index in [1.54, 1.807) is 24.5 Å². The number of likely N-dealkylation sites (tertiary alicyclic amines) is 1. The van der Waals surface area contributed by atoms with Gasteiger partial charge in [-0.3, -0.25) is 4.79 Å². The quantitative estimate of drug-likeness (QED) is 0.746. The number of anilines is 3. The molecule has 8 heteroatoms. The number of hydrogen-bond acceptors (Lipinski definition) is 7. The molecular formula is C15H19N7O.